The molecule has 0 fully saturated rings. The molecular formula is C12H20INO2. The summed E-state index contributed by atoms with van der Waals surface area (Å²) in [6.07, 6.45) is 8.59. The van der Waals surface area contributed by atoms with Crippen LogP contribution < -0.4 is 0 Å². The Morgan fingerprint density at radius 2 is 2.31 bits per heavy atom. The molecule has 0 aromatic carbocycles. The molecule has 0 aromatic heterocycles. The molecule has 1 unspecified atom stereocenters. The molecule has 92 valence electrons. The Balaban J connectivity index is 4.19. The van der Waals surface area contributed by atoms with Crippen LogP contribution in [-0.4, -0.2) is 29.6 Å². The number of carbonyl (C=O) groups excluding carboxylic acids is 1. The first-order valence-corrected chi connectivity index (χ1v) is 6.85. The zero-order chi connectivity index (χ0) is 12.4. The number of rotatable bonds is 8. The van der Waals surface area contributed by atoms with E-state index in [0.29, 0.717) is 5.92 Å². The molecule has 0 rings (SSSR count). The monoisotopic (exact) mass is 337 g/mol. The van der Waals surface area contributed by atoms with E-state index in [-0.39, 0.29) is 5.91 Å². The van der Waals surface area contributed by atoms with Crippen LogP contribution in [0.3, 0.4) is 0 Å². The largest absolute Gasteiger partial charge is 0.274 e. The van der Waals surface area contributed by atoms with Crippen LogP contribution in [0.4, 0.5) is 0 Å². The van der Waals surface area contributed by atoms with Crippen LogP contribution in [0.1, 0.15) is 19.3 Å². The lowest BCUT2D eigenvalue weighted by atomic mass is 9.99. The summed E-state index contributed by atoms with van der Waals surface area (Å²) < 4.78 is 1.14. The number of hydrogen-bond donors (Lipinski definition) is 0. The van der Waals surface area contributed by atoms with Crippen molar-refractivity contribution in [3.8, 4) is 0 Å². The van der Waals surface area contributed by atoms with E-state index in [4.69, 9.17) is 4.84 Å². The lowest BCUT2D eigenvalue weighted by Gasteiger charge is -2.12. The fourth-order valence-electron chi connectivity index (χ4n) is 1.26. The van der Waals surface area contributed by atoms with Gasteiger partial charge in [0.2, 0.25) is 0 Å². The molecule has 0 saturated carbocycles. The number of amides is 1. The quantitative estimate of drug-likeness (QED) is 0.224. The highest BCUT2D eigenvalue weighted by Gasteiger charge is 2.06. The molecule has 1 atom stereocenters. The van der Waals surface area contributed by atoms with Crippen LogP contribution in [-0.2, 0) is 9.63 Å². The number of alkyl halides is 1. The second kappa shape index (κ2) is 9.84. The van der Waals surface area contributed by atoms with Crippen LogP contribution in [0.2, 0.25) is 0 Å². The number of nitrogens with zero attached hydrogens (tertiary/aromatic N) is 1. The second-order valence-corrected chi connectivity index (χ2v) is 4.57. The summed E-state index contributed by atoms with van der Waals surface area (Å²) in [4.78, 5) is 16.2. The predicted molar refractivity (Wildman–Crippen MR) is 75.3 cm³/mol. The fraction of sp³-hybridized carbons (Fsp3) is 0.583. The molecule has 0 heterocycles. The summed E-state index contributed by atoms with van der Waals surface area (Å²) in [6.45, 7) is 3.73. The Bertz CT molecular complexity index is 241. The number of allylic oxidation sites excluding steroid dienone is 2. The molecule has 1 amide bonds. The minimum absolute atomic E-state index is 0.133. The second-order valence-electron chi connectivity index (χ2n) is 3.49. The minimum atomic E-state index is -0.133. The van der Waals surface area contributed by atoms with Gasteiger partial charge in [-0.15, -0.1) is 6.58 Å². The normalized spacial score (nSPS) is 12.7. The van der Waals surface area contributed by atoms with Gasteiger partial charge in [0.25, 0.3) is 5.91 Å². The Morgan fingerprint density at radius 3 is 2.81 bits per heavy atom. The molecule has 0 saturated heterocycles. The highest BCUT2D eigenvalue weighted by atomic mass is 127. The van der Waals surface area contributed by atoms with Gasteiger partial charge in [0.05, 0.1) is 7.11 Å². The molecule has 0 aliphatic heterocycles. The van der Waals surface area contributed by atoms with Crippen LogP contribution in [0, 0.1) is 5.92 Å². The molecule has 4 heteroatoms. The molecule has 0 bridgehead atoms. The Kier molecular flexibility index (Phi) is 9.62. The first-order valence-electron chi connectivity index (χ1n) is 5.32. The van der Waals surface area contributed by atoms with Crippen molar-refractivity contribution in [3.63, 3.8) is 0 Å². The third-order valence-electron chi connectivity index (χ3n) is 2.27. The van der Waals surface area contributed by atoms with Gasteiger partial charge in [-0.05, 0) is 29.6 Å². The fourth-order valence-corrected chi connectivity index (χ4v) is 1.70. The highest BCUT2D eigenvalue weighted by molar-refractivity contribution is 14.1. The van der Waals surface area contributed by atoms with E-state index in [9.17, 15) is 4.79 Å². The standard InChI is InChI=1S/C12H20INO2/c1-4-6-11(7-5-10-13)8-9-12(15)14(2)16-3/h4,8-9,11H,1,5-7,10H2,2-3H3/b9-8+. The molecule has 0 aliphatic carbocycles. The minimum Gasteiger partial charge on any atom is -0.274 e. The number of hydrogen-bond acceptors (Lipinski definition) is 2. The van der Waals surface area contributed by atoms with Crippen molar-refractivity contribution < 1.29 is 9.63 Å². The van der Waals surface area contributed by atoms with E-state index >= 15 is 0 Å². The van der Waals surface area contributed by atoms with Gasteiger partial charge in [0.1, 0.15) is 0 Å². The van der Waals surface area contributed by atoms with E-state index in [1.165, 1.54) is 12.2 Å². The van der Waals surface area contributed by atoms with Crippen molar-refractivity contribution in [1.82, 2.24) is 5.06 Å². The molecular weight excluding hydrogens is 317 g/mol. The van der Waals surface area contributed by atoms with Crippen molar-refractivity contribution in [2.45, 2.75) is 19.3 Å². The van der Waals surface area contributed by atoms with Gasteiger partial charge in [0.15, 0.2) is 0 Å². The number of hydroxylamine groups is 2. The lowest BCUT2D eigenvalue weighted by molar-refractivity contribution is -0.162. The van der Waals surface area contributed by atoms with Gasteiger partial charge in [-0.1, -0.05) is 34.7 Å². The summed E-state index contributed by atoms with van der Waals surface area (Å²) in [5.74, 6) is 0.271. The number of likely N-dealkylation sites (N-methyl/N-ethyl adjacent to an activating group) is 1. The summed E-state index contributed by atoms with van der Waals surface area (Å²) in [5, 5.41) is 1.21. The highest BCUT2D eigenvalue weighted by Crippen LogP contribution is 2.14. The molecule has 0 aliphatic rings. The number of halogens is 1. The maximum atomic E-state index is 11.4. The summed E-state index contributed by atoms with van der Waals surface area (Å²) in [6, 6.07) is 0. The van der Waals surface area contributed by atoms with Gasteiger partial charge in [-0.3, -0.25) is 9.63 Å². The van der Waals surface area contributed by atoms with Crippen molar-refractivity contribution in [1.29, 1.82) is 0 Å². The third-order valence-corrected chi connectivity index (χ3v) is 3.04. The molecule has 3 nitrogen and oxygen atoms in total. The average Bonchev–Trinajstić information content (AvgIpc) is 2.31. The lowest BCUT2D eigenvalue weighted by Crippen LogP contribution is -2.23. The molecule has 0 spiro atoms. The van der Waals surface area contributed by atoms with Gasteiger partial charge in [0, 0.05) is 13.1 Å². The molecule has 16 heavy (non-hydrogen) atoms. The predicted octanol–water partition coefficient (Wildman–Crippen LogP) is 2.97. The van der Waals surface area contributed by atoms with E-state index in [0.717, 1.165) is 23.7 Å². The van der Waals surface area contributed by atoms with Crippen molar-refractivity contribution >= 4 is 28.5 Å². The maximum Gasteiger partial charge on any atom is 0.269 e. The first kappa shape index (κ1) is 15.6. The van der Waals surface area contributed by atoms with E-state index < -0.39 is 0 Å². The van der Waals surface area contributed by atoms with Crippen LogP contribution in [0.25, 0.3) is 0 Å². The van der Waals surface area contributed by atoms with Crippen LogP contribution in [0.15, 0.2) is 24.8 Å². The SMILES string of the molecule is C=CCC(/C=C/C(=O)N(C)OC)CCCI. The molecule has 0 N–H and O–H groups in total. The van der Waals surface area contributed by atoms with Crippen molar-refractivity contribution in [3.05, 3.63) is 24.8 Å². The summed E-state index contributed by atoms with van der Waals surface area (Å²) in [7, 11) is 3.07. The zero-order valence-electron chi connectivity index (χ0n) is 9.99. The van der Waals surface area contributed by atoms with Gasteiger partial charge < -0.3 is 0 Å². The summed E-state index contributed by atoms with van der Waals surface area (Å²) >= 11 is 2.36. The summed E-state index contributed by atoms with van der Waals surface area (Å²) in [5.41, 5.74) is 0. The van der Waals surface area contributed by atoms with Gasteiger partial charge >= 0.3 is 0 Å². The van der Waals surface area contributed by atoms with E-state index in [1.54, 1.807) is 13.1 Å². The molecule has 0 radical (unpaired) electrons. The smallest absolute Gasteiger partial charge is 0.269 e. The average molecular weight is 337 g/mol. The first-order chi connectivity index (χ1) is 7.65. The number of carbonyl (C=O) groups is 1. The Labute approximate surface area is 112 Å². The third kappa shape index (κ3) is 7.00. The van der Waals surface area contributed by atoms with Gasteiger partial charge in [-0.25, -0.2) is 5.06 Å². The van der Waals surface area contributed by atoms with Crippen LogP contribution >= 0.6 is 22.6 Å². The van der Waals surface area contributed by atoms with E-state index in [1.807, 2.05) is 12.2 Å². The van der Waals surface area contributed by atoms with Crippen molar-refractivity contribution in [2.75, 3.05) is 18.6 Å². The molecule has 0 aromatic rings. The van der Waals surface area contributed by atoms with E-state index in [2.05, 4.69) is 29.2 Å². The van der Waals surface area contributed by atoms with Crippen LogP contribution in [0.5, 0.6) is 0 Å². The van der Waals surface area contributed by atoms with Crippen molar-refractivity contribution in [2.24, 2.45) is 5.92 Å². The maximum absolute atomic E-state index is 11.4. The Hall–Kier alpha value is -0.360. The Morgan fingerprint density at radius 1 is 1.62 bits per heavy atom. The van der Waals surface area contributed by atoms with Gasteiger partial charge in [-0.2, -0.15) is 0 Å². The zero-order valence-corrected chi connectivity index (χ0v) is 12.1. The topological polar surface area (TPSA) is 29.5 Å².